The molecule has 0 bridgehead atoms. The van der Waals surface area contributed by atoms with Crippen molar-refractivity contribution in [3.8, 4) is 0 Å². The number of benzene rings is 2. The Bertz CT molecular complexity index is 1080. The monoisotopic (exact) mass is 453 g/mol. The van der Waals surface area contributed by atoms with Gasteiger partial charge < -0.3 is 10.2 Å². The van der Waals surface area contributed by atoms with Gasteiger partial charge in [0.15, 0.2) is 0 Å². The highest BCUT2D eigenvalue weighted by atomic mass is 35.5. The van der Waals surface area contributed by atoms with Gasteiger partial charge in [0.1, 0.15) is 0 Å². The molecule has 0 atom stereocenters. The molecule has 4 rings (SSSR count). The summed E-state index contributed by atoms with van der Waals surface area (Å²) in [6.45, 7) is 6.03. The van der Waals surface area contributed by atoms with Gasteiger partial charge in [0.2, 0.25) is 0 Å². The van der Waals surface area contributed by atoms with Crippen LogP contribution in [-0.2, 0) is 6.54 Å². The van der Waals surface area contributed by atoms with Crippen molar-refractivity contribution >= 4 is 40.4 Å². The molecule has 2 amide bonds. The highest BCUT2D eigenvalue weighted by Gasteiger charge is 2.23. The molecule has 2 heterocycles. The van der Waals surface area contributed by atoms with Gasteiger partial charge in [-0.1, -0.05) is 41.9 Å². The van der Waals surface area contributed by atoms with E-state index in [-0.39, 0.29) is 11.8 Å². The van der Waals surface area contributed by atoms with Crippen molar-refractivity contribution in [2.24, 2.45) is 0 Å². The molecule has 1 saturated heterocycles. The number of anilines is 1. The average Bonchev–Trinajstić information content (AvgIpc) is 3.32. The molecule has 0 saturated carbocycles. The molecule has 7 heteroatoms. The predicted octanol–water partition coefficient (Wildman–Crippen LogP) is 4.92. The van der Waals surface area contributed by atoms with E-state index in [9.17, 15) is 9.59 Å². The molecule has 1 fully saturated rings. The van der Waals surface area contributed by atoms with Crippen LogP contribution in [0.2, 0.25) is 5.02 Å². The molecular weight excluding hydrogens is 430 g/mol. The zero-order chi connectivity index (χ0) is 21.8. The standard InChI is InChI=1S/C24H24ClN3O2S/c1-17-5-2-3-6-19(17)16-27-10-12-28(13-11-27)24(30)18-8-9-20(25)21(15-18)26-23(29)22-7-4-14-31-22/h2-9,14-15H,10-13,16H2,1H3,(H,26,29). The maximum atomic E-state index is 13.1. The van der Waals surface area contributed by atoms with Gasteiger partial charge in [-0.05, 0) is 47.7 Å². The number of nitrogens with one attached hydrogen (secondary N) is 1. The normalized spacial score (nSPS) is 14.5. The van der Waals surface area contributed by atoms with Crippen molar-refractivity contribution in [3.63, 3.8) is 0 Å². The van der Waals surface area contributed by atoms with E-state index in [0.717, 1.165) is 19.6 Å². The number of thiophene rings is 1. The SMILES string of the molecule is Cc1ccccc1CN1CCN(C(=O)c2ccc(Cl)c(NC(=O)c3cccs3)c2)CC1. The molecule has 1 N–H and O–H groups in total. The number of piperazine rings is 1. The zero-order valence-electron chi connectivity index (χ0n) is 17.3. The number of carbonyl (C=O) groups is 2. The summed E-state index contributed by atoms with van der Waals surface area (Å²) >= 11 is 7.61. The fourth-order valence-corrected chi connectivity index (χ4v) is 4.45. The Morgan fingerprint density at radius 2 is 1.81 bits per heavy atom. The zero-order valence-corrected chi connectivity index (χ0v) is 18.9. The molecule has 160 valence electrons. The molecule has 0 aliphatic carbocycles. The summed E-state index contributed by atoms with van der Waals surface area (Å²) in [4.78, 5) is 30.2. The number of halogens is 1. The van der Waals surface area contributed by atoms with E-state index in [0.29, 0.717) is 34.2 Å². The van der Waals surface area contributed by atoms with Gasteiger partial charge in [-0.3, -0.25) is 14.5 Å². The minimum atomic E-state index is -0.230. The van der Waals surface area contributed by atoms with Crippen molar-refractivity contribution in [3.05, 3.63) is 86.6 Å². The van der Waals surface area contributed by atoms with Crippen LogP contribution in [-0.4, -0.2) is 47.8 Å². The van der Waals surface area contributed by atoms with Crippen LogP contribution < -0.4 is 5.32 Å². The van der Waals surface area contributed by atoms with Crippen LogP contribution in [0, 0.1) is 6.92 Å². The molecule has 5 nitrogen and oxygen atoms in total. The lowest BCUT2D eigenvalue weighted by molar-refractivity contribution is 0.0628. The van der Waals surface area contributed by atoms with Gasteiger partial charge in [0.05, 0.1) is 15.6 Å². The van der Waals surface area contributed by atoms with Gasteiger partial charge in [-0.15, -0.1) is 11.3 Å². The Balaban J connectivity index is 1.38. The summed E-state index contributed by atoms with van der Waals surface area (Å²) in [7, 11) is 0. The van der Waals surface area contributed by atoms with E-state index in [1.807, 2.05) is 16.3 Å². The summed E-state index contributed by atoms with van der Waals surface area (Å²) < 4.78 is 0. The fraction of sp³-hybridized carbons (Fsp3) is 0.250. The lowest BCUT2D eigenvalue weighted by atomic mass is 10.1. The largest absolute Gasteiger partial charge is 0.336 e. The van der Waals surface area contributed by atoms with E-state index in [1.54, 1.807) is 24.3 Å². The van der Waals surface area contributed by atoms with Crippen LogP contribution in [0.25, 0.3) is 0 Å². The first-order chi connectivity index (χ1) is 15.0. The summed E-state index contributed by atoms with van der Waals surface area (Å²) in [6.07, 6.45) is 0. The van der Waals surface area contributed by atoms with E-state index in [4.69, 9.17) is 11.6 Å². The van der Waals surface area contributed by atoms with Gasteiger partial charge >= 0.3 is 0 Å². The van der Waals surface area contributed by atoms with E-state index < -0.39 is 0 Å². The quantitative estimate of drug-likeness (QED) is 0.596. The molecule has 3 aromatic rings. The van der Waals surface area contributed by atoms with Crippen molar-refractivity contribution in [2.75, 3.05) is 31.5 Å². The molecule has 0 unspecified atom stereocenters. The van der Waals surface area contributed by atoms with Gasteiger partial charge in [0.25, 0.3) is 11.8 Å². The Morgan fingerprint density at radius 3 is 2.52 bits per heavy atom. The first-order valence-corrected chi connectivity index (χ1v) is 11.5. The van der Waals surface area contributed by atoms with Crippen molar-refractivity contribution in [2.45, 2.75) is 13.5 Å². The summed E-state index contributed by atoms with van der Waals surface area (Å²) in [5.41, 5.74) is 3.59. The number of hydrogen-bond donors (Lipinski definition) is 1. The van der Waals surface area contributed by atoms with Crippen LogP contribution in [0.15, 0.2) is 60.0 Å². The highest BCUT2D eigenvalue weighted by Crippen LogP contribution is 2.25. The van der Waals surface area contributed by atoms with Crippen molar-refractivity contribution < 1.29 is 9.59 Å². The Labute approximate surface area is 191 Å². The average molecular weight is 454 g/mol. The maximum absolute atomic E-state index is 13.1. The Hall–Kier alpha value is -2.67. The number of hydrogen-bond acceptors (Lipinski definition) is 4. The summed E-state index contributed by atoms with van der Waals surface area (Å²) in [5, 5.41) is 5.06. The Kier molecular flexibility index (Phi) is 6.70. The lowest BCUT2D eigenvalue weighted by Crippen LogP contribution is -2.48. The minimum absolute atomic E-state index is 0.0427. The first kappa shape index (κ1) is 21.6. The second kappa shape index (κ2) is 9.64. The topological polar surface area (TPSA) is 52.6 Å². The number of nitrogens with zero attached hydrogens (tertiary/aromatic N) is 2. The van der Waals surface area contributed by atoms with Crippen molar-refractivity contribution in [1.29, 1.82) is 0 Å². The van der Waals surface area contributed by atoms with Crippen LogP contribution in [0.1, 0.15) is 31.2 Å². The van der Waals surface area contributed by atoms with Crippen LogP contribution in [0.4, 0.5) is 5.69 Å². The third-order valence-corrected chi connectivity index (χ3v) is 6.72. The third kappa shape index (κ3) is 5.15. The first-order valence-electron chi connectivity index (χ1n) is 10.2. The highest BCUT2D eigenvalue weighted by molar-refractivity contribution is 7.12. The van der Waals surface area contributed by atoms with E-state index >= 15 is 0 Å². The molecule has 1 aliphatic heterocycles. The smallest absolute Gasteiger partial charge is 0.265 e. The maximum Gasteiger partial charge on any atom is 0.265 e. The van der Waals surface area contributed by atoms with E-state index in [2.05, 4.69) is 41.4 Å². The van der Waals surface area contributed by atoms with Crippen LogP contribution in [0.5, 0.6) is 0 Å². The number of aryl methyl sites for hydroxylation is 1. The molecular formula is C24H24ClN3O2S. The molecule has 1 aromatic heterocycles. The van der Waals surface area contributed by atoms with Crippen LogP contribution >= 0.6 is 22.9 Å². The molecule has 2 aromatic carbocycles. The molecule has 1 aliphatic rings. The second-order valence-electron chi connectivity index (χ2n) is 7.62. The number of amides is 2. The minimum Gasteiger partial charge on any atom is -0.336 e. The van der Waals surface area contributed by atoms with Gasteiger partial charge in [-0.2, -0.15) is 0 Å². The summed E-state index contributed by atoms with van der Waals surface area (Å²) in [5.74, 6) is -0.273. The summed E-state index contributed by atoms with van der Waals surface area (Å²) in [6, 6.07) is 17.0. The second-order valence-corrected chi connectivity index (χ2v) is 8.98. The molecule has 0 spiro atoms. The van der Waals surface area contributed by atoms with Gasteiger partial charge in [-0.25, -0.2) is 0 Å². The molecule has 0 radical (unpaired) electrons. The predicted molar refractivity (Wildman–Crippen MR) is 126 cm³/mol. The van der Waals surface area contributed by atoms with E-state index in [1.165, 1.54) is 22.5 Å². The lowest BCUT2D eigenvalue weighted by Gasteiger charge is -2.35. The number of carbonyl (C=O) groups excluding carboxylic acids is 2. The van der Waals surface area contributed by atoms with Gasteiger partial charge in [0, 0.05) is 38.3 Å². The van der Waals surface area contributed by atoms with Crippen LogP contribution in [0.3, 0.4) is 0 Å². The Morgan fingerprint density at radius 1 is 1.03 bits per heavy atom. The van der Waals surface area contributed by atoms with Crippen molar-refractivity contribution in [1.82, 2.24) is 9.80 Å². The third-order valence-electron chi connectivity index (χ3n) is 5.52. The molecule has 31 heavy (non-hydrogen) atoms. The fourth-order valence-electron chi connectivity index (χ4n) is 3.67. The number of rotatable bonds is 5.